The zero-order chi connectivity index (χ0) is 15.5. The topological polar surface area (TPSA) is 23.5 Å². The highest BCUT2D eigenvalue weighted by Gasteiger charge is 2.40. The van der Waals surface area contributed by atoms with Crippen LogP contribution in [0.15, 0.2) is 18.2 Å². The number of aliphatic hydroxyl groups is 1. The molecule has 0 saturated heterocycles. The molecule has 0 amide bonds. The second kappa shape index (κ2) is 6.84. The second-order valence-corrected chi connectivity index (χ2v) is 6.41. The fourth-order valence-electron chi connectivity index (χ4n) is 3.56. The van der Waals surface area contributed by atoms with E-state index in [2.05, 4.69) is 4.90 Å². The van der Waals surface area contributed by atoms with Gasteiger partial charge in [0, 0.05) is 18.0 Å². The predicted octanol–water partition coefficient (Wildman–Crippen LogP) is 3.52. The molecule has 2 rings (SSSR count). The molecule has 0 heterocycles. The molecule has 0 bridgehead atoms. The minimum absolute atomic E-state index is 0.285. The van der Waals surface area contributed by atoms with Crippen molar-refractivity contribution in [1.29, 1.82) is 0 Å². The van der Waals surface area contributed by atoms with Crippen molar-refractivity contribution in [1.82, 2.24) is 4.90 Å². The highest BCUT2D eigenvalue weighted by Crippen LogP contribution is 2.35. The van der Waals surface area contributed by atoms with Crippen LogP contribution in [0, 0.1) is 11.6 Å². The van der Waals surface area contributed by atoms with Crippen LogP contribution in [0.1, 0.15) is 44.1 Å². The Labute approximate surface area is 125 Å². The van der Waals surface area contributed by atoms with E-state index < -0.39 is 17.7 Å². The van der Waals surface area contributed by atoms with Gasteiger partial charge in [0.15, 0.2) is 0 Å². The Bertz CT molecular complexity index is 448. The summed E-state index contributed by atoms with van der Waals surface area (Å²) >= 11 is 0. The molecule has 0 radical (unpaired) electrons. The lowest BCUT2D eigenvalue weighted by molar-refractivity contribution is -0.0174. The fourth-order valence-corrected chi connectivity index (χ4v) is 3.56. The molecule has 0 aliphatic heterocycles. The first kappa shape index (κ1) is 16.4. The summed E-state index contributed by atoms with van der Waals surface area (Å²) in [6.45, 7) is 0. The molecule has 0 aromatic heterocycles. The zero-order valence-corrected chi connectivity index (χ0v) is 12.9. The number of likely N-dealkylation sites (N-methyl/N-ethyl adjacent to an activating group) is 1. The number of halogens is 2. The Morgan fingerprint density at radius 1 is 1.05 bits per heavy atom. The maximum atomic E-state index is 13.3. The van der Waals surface area contributed by atoms with Gasteiger partial charge < -0.3 is 10.0 Å². The maximum Gasteiger partial charge on any atom is 0.126 e. The van der Waals surface area contributed by atoms with Gasteiger partial charge >= 0.3 is 0 Å². The first-order valence-electron chi connectivity index (χ1n) is 7.74. The van der Waals surface area contributed by atoms with Crippen molar-refractivity contribution in [3.63, 3.8) is 0 Å². The van der Waals surface area contributed by atoms with Crippen LogP contribution in [0.4, 0.5) is 8.78 Å². The zero-order valence-electron chi connectivity index (χ0n) is 12.9. The van der Waals surface area contributed by atoms with Crippen LogP contribution in [0.3, 0.4) is 0 Å². The molecule has 2 nitrogen and oxygen atoms in total. The van der Waals surface area contributed by atoms with Crippen molar-refractivity contribution in [3.05, 3.63) is 35.4 Å². The molecule has 1 aliphatic carbocycles. The van der Waals surface area contributed by atoms with Crippen molar-refractivity contribution < 1.29 is 13.9 Å². The largest absolute Gasteiger partial charge is 0.391 e. The number of hydrogen-bond donors (Lipinski definition) is 1. The normalized spacial score (nSPS) is 20.3. The van der Waals surface area contributed by atoms with E-state index in [0.29, 0.717) is 5.56 Å². The van der Waals surface area contributed by atoms with Gasteiger partial charge in [-0.05, 0) is 44.6 Å². The van der Waals surface area contributed by atoms with E-state index in [1.54, 1.807) is 0 Å². The number of benzene rings is 1. The summed E-state index contributed by atoms with van der Waals surface area (Å²) in [5, 5.41) is 10.8. The van der Waals surface area contributed by atoms with Crippen LogP contribution in [0.2, 0.25) is 0 Å². The van der Waals surface area contributed by atoms with Crippen LogP contribution < -0.4 is 0 Å². The van der Waals surface area contributed by atoms with Gasteiger partial charge in [-0.1, -0.05) is 25.7 Å². The summed E-state index contributed by atoms with van der Waals surface area (Å²) in [5.41, 5.74) is 0.227. The summed E-state index contributed by atoms with van der Waals surface area (Å²) < 4.78 is 26.6. The molecule has 0 spiro atoms. The van der Waals surface area contributed by atoms with Gasteiger partial charge in [0.05, 0.1) is 6.10 Å². The molecule has 1 saturated carbocycles. The molecular formula is C17H25F2NO. The number of nitrogens with zero attached hydrogens (tertiary/aromatic N) is 1. The molecular weight excluding hydrogens is 272 g/mol. The minimum atomic E-state index is -0.619. The molecule has 1 aromatic rings. The highest BCUT2D eigenvalue weighted by atomic mass is 19.1. The number of aliphatic hydroxyl groups excluding tert-OH is 1. The Hall–Kier alpha value is -1.00. The third-order valence-corrected chi connectivity index (χ3v) is 4.83. The molecule has 1 fully saturated rings. The molecule has 1 atom stereocenters. The van der Waals surface area contributed by atoms with E-state index in [1.807, 2.05) is 14.1 Å². The minimum Gasteiger partial charge on any atom is -0.391 e. The average molecular weight is 297 g/mol. The van der Waals surface area contributed by atoms with Crippen molar-refractivity contribution in [2.75, 3.05) is 14.1 Å². The lowest BCUT2D eigenvalue weighted by Gasteiger charge is -2.43. The third kappa shape index (κ3) is 3.80. The lowest BCUT2D eigenvalue weighted by Crippen LogP contribution is -2.54. The van der Waals surface area contributed by atoms with Crippen molar-refractivity contribution in [2.45, 2.75) is 56.6 Å². The molecule has 1 N–H and O–H groups in total. The SMILES string of the molecule is CN(C)C1(C(O)Cc2cc(F)cc(F)c2)CCCCCC1. The van der Waals surface area contributed by atoms with Crippen LogP contribution in [-0.4, -0.2) is 35.7 Å². The van der Waals surface area contributed by atoms with Gasteiger partial charge in [0.25, 0.3) is 0 Å². The number of hydrogen-bond acceptors (Lipinski definition) is 2. The summed E-state index contributed by atoms with van der Waals surface area (Å²) in [6, 6.07) is 3.49. The average Bonchev–Trinajstić information content (AvgIpc) is 2.63. The predicted molar refractivity (Wildman–Crippen MR) is 80.2 cm³/mol. The summed E-state index contributed by atoms with van der Waals surface area (Å²) in [4.78, 5) is 2.10. The summed E-state index contributed by atoms with van der Waals surface area (Å²) in [6.07, 6.45) is 6.09. The molecule has 1 aliphatic rings. The first-order valence-corrected chi connectivity index (χ1v) is 7.74. The van der Waals surface area contributed by atoms with Crippen LogP contribution in [-0.2, 0) is 6.42 Å². The third-order valence-electron chi connectivity index (χ3n) is 4.83. The van der Waals surface area contributed by atoms with Gasteiger partial charge in [0.1, 0.15) is 11.6 Å². The van der Waals surface area contributed by atoms with E-state index in [-0.39, 0.29) is 12.0 Å². The summed E-state index contributed by atoms with van der Waals surface area (Å²) in [7, 11) is 3.97. The van der Waals surface area contributed by atoms with Crippen LogP contribution in [0.25, 0.3) is 0 Å². The van der Waals surface area contributed by atoms with Gasteiger partial charge in [-0.25, -0.2) is 8.78 Å². The molecule has 1 aromatic carbocycles. The van der Waals surface area contributed by atoms with Gasteiger partial charge in [-0.15, -0.1) is 0 Å². The van der Waals surface area contributed by atoms with Crippen LogP contribution >= 0.6 is 0 Å². The monoisotopic (exact) mass is 297 g/mol. The quantitative estimate of drug-likeness (QED) is 0.860. The van der Waals surface area contributed by atoms with E-state index in [0.717, 1.165) is 31.7 Å². The van der Waals surface area contributed by atoms with E-state index >= 15 is 0 Å². The van der Waals surface area contributed by atoms with Crippen molar-refractivity contribution >= 4 is 0 Å². The van der Waals surface area contributed by atoms with Gasteiger partial charge in [-0.3, -0.25) is 0 Å². The van der Waals surface area contributed by atoms with E-state index in [1.165, 1.54) is 25.0 Å². The highest BCUT2D eigenvalue weighted by molar-refractivity contribution is 5.20. The van der Waals surface area contributed by atoms with Crippen LogP contribution in [0.5, 0.6) is 0 Å². The first-order chi connectivity index (χ1) is 9.94. The standard InChI is InChI=1S/C17H25F2NO/c1-20(2)17(7-5-3-4-6-8-17)16(21)11-13-9-14(18)12-15(19)10-13/h9-10,12,16,21H,3-8,11H2,1-2H3. The van der Waals surface area contributed by atoms with Gasteiger partial charge in [0.2, 0.25) is 0 Å². The molecule has 21 heavy (non-hydrogen) atoms. The maximum absolute atomic E-state index is 13.3. The molecule has 118 valence electrons. The van der Waals surface area contributed by atoms with E-state index in [9.17, 15) is 13.9 Å². The smallest absolute Gasteiger partial charge is 0.126 e. The Morgan fingerprint density at radius 3 is 2.05 bits per heavy atom. The Kier molecular flexibility index (Phi) is 5.33. The van der Waals surface area contributed by atoms with E-state index in [4.69, 9.17) is 0 Å². The van der Waals surface area contributed by atoms with Gasteiger partial charge in [-0.2, -0.15) is 0 Å². The summed E-state index contributed by atoms with van der Waals surface area (Å²) in [5.74, 6) is -1.17. The number of rotatable bonds is 4. The molecule has 4 heteroatoms. The van der Waals surface area contributed by atoms with Crippen molar-refractivity contribution in [3.8, 4) is 0 Å². The lowest BCUT2D eigenvalue weighted by atomic mass is 9.80. The Balaban J connectivity index is 2.20. The fraction of sp³-hybridized carbons (Fsp3) is 0.647. The Morgan fingerprint density at radius 2 is 1.57 bits per heavy atom. The van der Waals surface area contributed by atoms with Crippen molar-refractivity contribution in [2.24, 2.45) is 0 Å². The second-order valence-electron chi connectivity index (χ2n) is 6.41. The molecule has 1 unspecified atom stereocenters.